The highest BCUT2D eigenvalue weighted by atomic mass is 127. The van der Waals surface area contributed by atoms with Crippen molar-refractivity contribution in [2.75, 3.05) is 45.9 Å². The van der Waals surface area contributed by atoms with Crippen LogP contribution in [0.15, 0.2) is 4.99 Å². The van der Waals surface area contributed by atoms with Gasteiger partial charge in [0, 0.05) is 37.8 Å². The standard InChI is InChI=1S/C20H41N5O2.HI/c1-7-16(8-2)17(25-10-12-27-13-11-25)14-22-19(21-9-3)23-15-18(26)24-20(4,5)6;/h16-17H,7-15H2,1-6H3,(H,24,26)(H2,21,22,23);1H. The van der Waals surface area contributed by atoms with Crippen molar-refractivity contribution in [2.24, 2.45) is 10.9 Å². The molecule has 0 saturated carbocycles. The number of amides is 1. The van der Waals surface area contributed by atoms with E-state index in [1.165, 1.54) is 0 Å². The maximum Gasteiger partial charge on any atom is 0.242 e. The molecule has 3 N–H and O–H groups in total. The highest BCUT2D eigenvalue weighted by molar-refractivity contribution is 14.0. The molecule has 7 nitrogen and oxygen atoms in total. The van der Waals surface area contributed by atoms with Crippen LogP contribution in [-0.4, -0.2) is 74.3 Å². The van der Waals surface area contributed by atoms with Gasteiger partial charge in [0.25, 0.3) is 0 Å². The van der Waals surface area contributed by atoms with Crippen molar-refractivity contribution in [1.29, 1.82) is 0 Å². The highest BCUT2D eigenvalue weighted by Gasteiger charge is 2.27. The van der Waals surface area contributed by atoms with Gasteiger partial charge < -0.3 is 20.7 Å². The van der Waals surface area contributed by atoms with Crippen LogP contribution < -0.4 is 16.0 Å². The van der Waals surface area contributed by atoms with Gasteiger partial charge >= 0.3 is 0 Å². The van der Waals surface area contributed by atoms with Gasteiger partial charge in [-0.05, 0) is 33.6 Å². The summed E-state index contributed by atoms with van der Waals surface area (Å²) in [5.41, 5.74) is -0.241. The third kappa shape index (κ3) is 10.8. The van der Waals surface area contributed by atoms with Crippen molar-refractivity contribution >= 4 is 35.8 Å². The molecule has 1 aliphatic rings. The van der Waals surface area contributed by atoms with E-state index in [4.69, 9.17) is 4.74 Å². The molecule has 0 radical (unpaired) electrons. The number of hydrogen-bond acceptors (Lipinski definition) is 4. The van der Waals surface area contributed by atoms with Crippen LogP contribution in [0.1, 0.15) is 54.4 Å². The molecule has 1 heterocycles. The van der Waals surface area contributed by atoms with Gasteiger partial charge in [0.05, 0.1) is 13.2 Å². The summed E-state index contributed by atoms with van der Waals surface area (Å²) in [6.45, 7) is 17.7. The molecule has 1 atom stereocenters. The summed E-state index contributed by atoms with van der Waals surface area (Å²) in [6.07, 6.45) is 2.31. The lowest BCUT2D eigenvalue weighted by Crippen LogP contribution is -2.53. The molecule has 0 spiro atoms. The smallest absolute Gasteiger partial charge is 0.242 e. The number of guanidine groups is 1. The summed E-state index contributed by atoms with van der Waals surface area (Å²) in [5.74, 6) is 1.26. The molecule has 1 saturated heterocycles. The molecule has 1 unspecified atom stereocenters. The lowest BCUT2D eigenvalue weighted by atomic mass is 9.92. The van der Waals surface area contributed by atoms with Crippen molar-refractivity contribution in [2.45, 2.75) is 66.0 Å². The average Bonchev–Trinajstić information content (AvgIpc) is 2.62. The summed E-state index contributed by atoms with van der Waals surface area (Å²) in [6, 6.07) is 0.441. The van der Waals surface area contributed by atoms with Crippen molar-refractivity contribution in [3.63, 3.8) is 0 Å². The minimum atomic E-state index is -0.241. The average molecular weight is 511 g/mol. The molecule has 0 aromatic heterocycles. The van der Waals surface area contributed by atoms with Crippen molar-refractivity contribution in [3.8, 4) is 0 Å². The summed E-state index contributed by atoms with van der Waals surface area (Å²) in [5, 5.41) is 9.66. The fourth-order valence-electron chi connectivity index (χ4n) is 3.49. The van der Waals surface area contributed by atoms with Crippen LogP contribution in [-0.2, 0) is 9.53 Å². The van der Waals surface area contributed by atoms with Gasteiger partial charge in [-0.2, -0.15) is 0 Å². The molecular formula is C20H42IN5O2. The second kappa shape index (κ2) is 14.4. The summed E-state index contributed by atoms with van der Waals surface area (Å²) >= 11 is 0. The Morgan fingerprint density at radius 2 is 1.71 bits per heavy atom. The SMILES string of the molecule is CCNC(=NCC(=O)NC(C)(C)C)NCC(C(CC)CC)N1CCOCC1.I. The normalized spacial score (nSPS) is 17.0. The molecule has 1 fully saturated rings. The quantitative estimate of drug-likeness (QED) is 0.252. The van der Waals surface area contributed by atoms with E-state index in [9.17, 15) is 4.79 Å². The molecule has 28 heavy (non-hydrogen) atoms. The van der Waals surface area contributed by atoms with E-state index < -0.39 is 0 Å². The maximum atomic E-state index is 12.1. The van der Waals surface area contributed by atoms with Crippen LogP contribution in [0.25, 0.3) is 0 Å². The number of halogens is 1. The molecule has 1 aliphatic heterocycles. The van der Waals surface area contributed by atoms with Crippen LogP contribution in [0.4, 0.5) is 0 Å². The lowest BCUT2D eigenvalue weighted by Gasteiger charge is -2.39. The number of hydrogen-bond donors (Lipinski definition) is 3. The second-order valence-electron chi connectivity index (χ2n) is 8.17. The number of aliphatic imine (C=N–C) groups is 1. The number of nitrogens with zero attached hydrogens (tertiary/aromatic N) is 2. The van der Waals surface area contributed by atoms with Gasteiger partial charge in [0.15, 0.2) is 5.96 Å². The van der Waals surface area contributed by atoms with Gasteiger partial charge in [-0.25, -0.2) is 4.99 Å². The Hall–Kier alpha value is -0.610. The molecular weight excluding hydrogens is 469 g/mol. The van der Waals surface area contributed by atoms with E-state index in [2.05, 4.69) is 39.7 Å². The highest BCUT2D eigenvalue weighted by Crippen LogP contribution is 2.19. The van der Waals surface area contributed by atoms with Crippen molar-refractivity contribution in [3.05, 3.63) is 0 Å². The number of rotatable bonds is 9. The second-order valence-corrected chi connectivity index (χ2v) is 8.17. The van der Waals surface area contributed by atoms with Crippen molar-refractivity contribution < 1.29 is 9.53 Å². The minimum Gasteiger partial charge on any atom is -0.379 e. The van der Waals surface area contributed by atoms with E-state index in [0.717, 1.165) is 52.2 Å². The fourth-order valence-corrected chi connectivity index (χ4v) is 3.49. The molecule has 0 aromatic rings. The zero-order chi connectivity index (χ0) is 20.3. The first-order valence-corrected chi connectivity index (χ1v) is 10.5. The van der Waals surface area contributed by atoms with Gasteiger partial charge in [-0.15, -0.1) is 24.0 Å². The Morgan fingerprint density at radius 1 is 1.11 bits per heavy atom. The molecule has 8 heteroatoms. The predicted molar refractivity (Wildman–Crippen MR) is 128 cm³/mol. The Bertz CT molecular complexity index is 458. The van der Waals surface area contributed by atoms with Gasteiger partial charge in [0.1, 0.15) is 6.54 Å². The maximum absolute atomic E-state index is 12.1. The van der Waals surface area contributed by atoms with Gasteiger partial charge in [-0.1, -0.05) is 26.7 Å². The third-order valence-corrected chi connectivity index (χ3v) is 4.83. The number of ether oxygens (including phenoxy) is 1. The van der Waals surface area contributed by atoms with Gasteiger partial charge in [-0.3, -0.25) is 9.69 Å². The predicted octanol–water partition coefficient (Wildman–Crippen LogP) is 2.21. The van der Waals surface area contributed by atoms with E-state index in [1.807, 2.05) is 27.7 Å². The molecule has 0 aliphatic carbocycles. The van der Waals surface area contributed by atoms with E-state index >= 15 is 0 Å². The first-order chi connectivity index (χ1) is 12.8. The Balaban J connectivity index is 0.00000729. The van der Waals surface area contributed by atoms with Crippen LogP contribution >= 0.6 is 24.0 Å². The fraction of sp³-hybridized carbons (Fsp3) is 0.900. The lowest BCUT2D eigenvalue weighted by molar-refractivity contribution is -0.121. The van der Waals surface area contributed by atoms with E-state index in [0.29, 0.717) is 17.9 Å². The van der Waals surface area contributed by atoms with Crippen LogP contribution in [0.5, 0.6) is 0 Å². The Labute approximate surface area is 188 Å². The zero-order valence-electron chi connectivity index (χ0n) is 18.6. The summed E-state index contributed by atoms with van der Waals surface area (Å²) in [4.78, 5) is 19.1. The summed E-state index contributed by atoms with van der Waals surface area (Å²) in [7, 11) is 0. The zero-order valence-corrected chi connectivity index (χ0v) is 21.0. The molecule has 0 bridgehead atoms. The first-order valence-electron chi connectivity index (χ1n) is 10.5. The number of morpholine rings is 1. The molecule has 1 amide bonds. The van der Waals surface area contributed by atoms with Gasteiger partial charge in [0.2, 0.25) is 5.91 Å². The number of carbonyl (C=O) groups excluding carboxylic acids is 1. The topological polar surface area (TPSA) is 78.0 Å². The van der Waals surface area contributed by atoms with Crippen LogP contribution in [0.3, 0.4) is 0 Å². The summed E-state index contributed by atoms with van der Waals surface area (Å²) < 4.78 is 5.52. The number of carbonyl (C=O) groups is 1. The minimum absolute atomic E-state index is 0. The molecule has 166 valence electrons. The van der Waals surface area contributed by atoms with E-state index in [-0.39, 0.29) is 42.0 Å². The Kier molecular flexibility index (Phi) is 14.1. The Morgan fingerprint density at radius 3 is 2.21 bits per heavy atom. The number of nitrogens with one attached hydrogen (secondary N) is 3. The first kappa shape index (κ1) is 27.4. The van der Waals surface area contributed by atoms with Crippen LogP contribution in [0.2, 0.25) is 0 Å². The molecule has 1 rings (SSSR count). The van der Waals surface area contributed by atoms with E-state index in [1.54, 1.807) is 0 Å². The van der Waals surface area contributed by atoms with Crippen LogP contribution in [0, 0.1) is 5.92 Å². The molecule has 0 aromatic carbocycles. The monoisotopic (exact) mass is 511 g/mol. The van der Waals surface area contributed by atoms with Crippen molar-refractivity contribution in [1.82, 2.24) is 20.9 Å². The largest absolute Gasteiger partial charge is 0.379 e. The third-order valence-electron chi connectivity index (χ3n) is 4.83.